The topological polar surface area (TPSA) is 111 Å². The molecule has 1 aliphatic carbocycles. The number of alkyl carbamates (subject to hydrolysis) is 1. The maximum Gasteiger partial charge on any atom is 0.407 e. The van der Waals surface area contributed by atoms with Crippen molar-refractivity contribution in [1.82, 2.24) is 5.32 Å². The van der Waals surface area contributed by atoms with Crippen molar-refractivity contribution in [2.75, 3.05) is 19.8 Å². The molecule has 8 nitrogen and oxygen atoms in total. The summed E-state index contributed by atoms with van der Waals surface area (Å²) in [5, 5.41) is 11.8. The Morgan fingerprint density at radius 2 is 1.53 bits per heavy atom. The minimum Gasteiger partial charge on any atom is -0.480 e. The van der Waals surface area contributed by atoms with Crippen molar-refractivity contribution in [3.05, 3.63) is 59.7 Å². The molecule has 1 aliphatic rings. The van der Waals surface area contributed by atoms with Crippen LogP contribution >= 0.6 is 7.60 Å². The number of carbonyl (C=O) groups is 2. The van der Waals surface area contributed by atoms with Gasteiger partial charge in [0.25, 0.3) is 0 Å². The van der Waals surface area contributed by atoms with Crippen molar-refractivity contribution >= 4 is 19.7 Å². The van der Waals surface area contributed by atoms with Gasteiger partial charge in [0.1, 0.15) is 12.6 Å². The second-order valence-corrected chi connectivity index (χ2v) is 9.98. The predicted octanol–water partition coefficient (Wildman–Crippen LogP) is 5.18. The summed E-state index contributed by atoms with van der Waals surface area (Å²) in [6.45, 7) is 4.07. The van der Waals surface area contributed by atoms with Crippen molar-refractivity contribution in [3.8, 4) is 11.1 Å². The molecule has 0 fully saturated rings. The van der Waals surface area contributed by atoms with Crippen molar-refractivity contribution in [3.63, 3.8) is 0 Å². The molecule has 0 aromatic heterocycles. The van der Waals surface area contributed by atoms with Gasteiger partial charge in [-0.05, 0) is 36.1 Å². The third kappa shape index (κ3) is 5.32. The molecule has 0 bridgehead atoms. The van der Waals surface area contributed by atoms with Crippen LogP contribution in [-0.2, 0) is 23.1 Å². The molecule has 2 aromatic carbocycles. The van der Waals surface area contributed by atoms with Crippen LogP contribution in [0, 0.1) is 5.92 Å². The fourth-order valence-corrected chi connectivity index (χ4v) is 6.00. The van der Waals surface area contributed by atoms with Gasteiger partial charge in [-0.1, -0.05) is 55.5 Å². The summed E-state index contributed by atoms with van der Waals surface area (Å²) in [7, 11) is -4.23. The molecule has 0 unspecified atom stereocenters. The number of carboxylic acids is 1. The van der Waals surface area contributed by atoms with E-state index in [4.69, 9.17) is 13.8 Å². The van der Waals surface area contributed by atoms with E-state index >= 15 is 4.39 Å². The molecule has 0 spiro atoms. The molecule has 34 heavy (non-hydrogen) atoms. The van der Waals surface area contributed by atoms with E-state index in [9.17, 15) is 19.3 Å². The molecule has 3 rings (SSSR count). The van der Waals surface area contributed by atoms with Gasteiger partial charge in [-0.3, -0.25) is 4.57 Å². The van der Waals surface area contributed by atoms with Crippen LogP contribution in [0.3, 0.4) is 0 Å². The van der Waals surface area contributed by atoms with E-state index in [-0.39, 0.29) is 25.7 Å². The Balaban J connectivity index is 1.70. The second-order valence-electron chi connectivity index (χ2n) is 7.89. The van der Waals surface area contributed by atoms with Gasteiger partial charge < -0.3 is 24.2 Å². The molecule has 3 atom stereocenters. The average molecular weight is 493 g/mol. The number of hydrogen-bond acceptors (Lipinski definition) is 6. The van der Waals surface area contributed by atoms with E-state index in [2.05, 4.69) is 5.32 Å². The highest BCUT2D eigenvalue weighted by molar-refractivity contribution is 7.54. The van der Waals surface area contributed by atoms with Gasteiger partial charge in [-0.2, -0.15) is 0 Å². The lowest BCUT2D eigenvalue weighted by atomic mass is 9.98. The van der Waals surface area contributed by atoms with Gasteiger partial charge in [-0.15, -0.1) is 0 Å². The largest absolute Gasteiger partial charge is 0.480 e. The number of benzene rings is 2. The summed E-state index contributed by atoms with van der Waals surface area (Å²) < 4.78 is 43.2. The third-order valence-electron chi connectivity index (χ3n) is 5.76. The summed E-state index contributed by atoms with van der Waals surface area (Å²) in [6.07, 6.45) is -1.02. The number of halogens is 1. The number of carboxylic acid groups (broad SMARTS) is 1. The van der Waals surface area contributed by atoms with E-state index in [0.717, 1.165) is 22.3 Å². The van der Waals surface area contributed by atoms with Crippen LogP contribution in [0.15, 0.2) is 48.5 Å². The van der Waals surface area contributed by atoms with E-state index in [1.165, 1.54) is 20.8 Å². The van der Waals surface area contributed by atoms with Crippen LogP contribution in [-0.4, -0.2) is 48.9 Å². The first kappa shape index (κ1) is 25.9. The summed E-state index contributed by atoms with van der Waals surface area (Å²) in [4.78, 5) is 24.3. The standard InChI is InChI=1S/C24H29FNO7P/c1-4-32-34(30,33-5-2)22(25)15(3)21(23(27)28)26-24(29)31-14-20-18-12-8-6-10-16(18)17-11-7-9-13-19(17)20/h6-13,15,20-22H,4-5,14H2,1-3H3,(H,26,29)(H,27,28)/t15-,21+,22-/m1/s1. The van der Waals surface area contributed by atoms with E-state index in [1.807, 2.05) is 48.5 Å². The van der Waals surface area contributed by atoms with Crippen LogP contribution in [0.5, 0.6) is 0 Å². The molecular weight excluding hydrogens is 464 g/mol. The fraction of sp³-hybridized carbons (Fsp3) is 0.417. The Morgan fingerprint density at radius 1 is 1.03 bits per heavy atom. The Labute approximate surface area is 197 Å². The van der Waals surface area contributed by atoms with Crippen LogP contribution in [0.1, 0.15) is 37.8 Å². The zero-order valence-corrected chi connectivity index (χ0v) is 20.2. The average Bonchev–Trinajstić information content (AvgIpc) is 3.14. The lowest BCUT2D eigenvalue weighted by Gasteiger charge is -2.28. The minimum absolute atomic E-state index is 0.0317. The minimum atomic E-state index is -4.23. The molecule has 0 radical (unpaired) electrons. The summed E-state index contributed by atoms with van der Waals surface area (Å²) in [5.41, 5.74) is 4.09. The molecule has 0 saturated heterocycles. The lowest BCUT2D eigenvalue weighted by molar-refractivity contribution is -0.141. The number of hydrogen-bond donors (Lipinski definition) is 2. The van der Waals surface area contributed by atoms with E-state index in [1.54, 1.807) is 0 Å². The number of carbonyl (C=O) groups excluding carboxylic acids is 1. The number of rotatable bonds is 11. The van der Waals surface area contributed by atoms with Crippen LogP contribution in [0.25, 0.3) is 11.1 Å². The monoisotopic (exact) mass is 493 g/mol. The first-order valence-corrected chi connectivity index (χ1v) is 12.7. The Morgan fingerprint density at radius 3 is 2.00 bits per heavy atom. The highest BCUT2D eigenvalue weighted by Crippen LogP contribution is 2.56. The van der Waals surface area contributed by atoms with Gasteiger partial charge in [0.05, 0.1) is 13.2 Å². The molecule has 0 heterocycles. The summed E-state index contributed by atoms with van der Waals surface area (Å²) in [6, 6.07) is 13.8. The van der Waals surface area contributed by atoms with E-state index in [0.29, 0.717) is 0 Å². The van der Waals surface area contributed by atoms with Crippen molar-refractivity contribution in [1.29, 1.82) is 0 Å². The van der Waals surface area contributed by atoms with Crippen molar-refractivity contribution in [2.45, 2.75) is 38.6 Å². The molecule has 0 saturated carbocycles. The van der Waals surface area contributed by atoms with Crippen molar-refractivity contribution < 1.29 is 37.4 Å². The van der Waals surface area contributed by atoms with Gasteiger partial charge in [-0.25, -0.2) is 14.0 Å². The smallest absolute Gasteiger partial charge is 0.407 e. The molecule has 10 heteroatoms. The van der Waals surface area contributed by atoms with Crippen LogP contribution in [0.2, 0.25) is 0 Å². The Bertz CT molecular complexity index is 1020. The molecule has 184 valence electrons. The molecule has 0 aliphatic heterocycles. The summed E-state index contributed by atoms with van der Waals surface area (Å²) in [5.74, 6) is -5.39. The number of ether oxygens (including phenoxy) is 1. The first-order valence-electron chi connectivity index (χ1n) is 11.1. The van der Waals surface area contributed by atoms with Gasteiger partial charge in [0.2, 0.25) is 5.91 Å². The van der Waals surface area contributed by atoms with Crippen LogP contribution in [0.4, 0.5) is 9.18 Å². The number of alkyl halides is 1. The number of fused-ring (bicyclic) bond motifs is 3. The van der Waals surface area contributed by atoms with Gasteiger partial charge >= 0.3 is 19.7 Å². The maximum atomic E-state index is 15.1. The maximum absolute atomic E-state index is 15.1. The molecular formula is C24H29FNO7P. The number of aliphatic carboxylic acids is 1. The Hall–Kier alpha value is -2.74. The zero-order valence-electron chi connectivity index (χ0n) is 19.3. The molecule has 2 N–H and O–H groups in total. The quantitative estimate of drug-likeness (QED) is 0.415. The van der Waals surface area contributed by atoms with Crippen LogP contribution < -0.4 is 5.32 Å². The predicted molar refractivity (Wildman–Crippen MR) is 125 cm³/mol. The Kier molecular flexibility index (Phi) is 8.47. The first-order chi connectivity index (χ1) is 16.2. The van der Waals surface area contributed by atoms with Crippen molar-refractivity contribution in [2.24, 2.45) is 5.92 Å². The van der Waals surface area contributed by atoms with Gasteiger partial charge in [0.15, 0.2) is 0 Å². The number of amides is 1. The molecule has 1 amide bonds. The number of nitrogens with one attached hydrogen (secondary N) is 1. The highest BCUT2D eigenvalue weighted by Gasteiger charge is 2.45. The van der Waals surface area contributed by atoms with Gasteiger partial charge in [0, 0.05) is 11.8 Å². The normalized spacial score (nSPS) is 15.6. The molecule has 2 aromatic rings. The second kappa shape index (κ2) is 11.1. The lowest BCUT2D eigenvalue weighted by Crippen LogP contribution is -2.48. The highest BCUT2D eigenvalue weighted by atomic mass is 31.2. The SMILES string of the molecule is CCOP(=O)(OCC)[C@@H](F)[C@H](C)[C@H](NC(=O)OCC1c2ccccc2-c2ccccc21)C(=O)O. The third-order valence-corrected chi connectivity index (χ3v) is 8.07. The van der Waals surface area contributed by atoms with E-state index < -0.39 is 37.5 Å². The summed E-state index contributed by atoms with van der Waals surface area (Å²) >= 11 is 0. The fourth-order valence-electron chi connectivity index (χ4n) is 4.17. The zero-order chi connectivity index (χ0) is 24.9.